The van der Waals surface area contributed by atoms with Crippen molar-refractivity contribution in [3.05, 3.63) is 0 Å². The van der Waals surface area contributed by atoms with E-state index >= 15 is 0 Å². The van der Waals surface area contributed by atoms with E-state index in [2.05, 4.69) is 0 Å². The lowest BCUT2D eigenvalue weighted by Gasteiger charge is -2.16. The summed E-state index contributed by atoms with van der Waals surface area (Å²) in [6.07, 6.45) is 16.5. The van der Waals surface area contributed by atoms with Crippen LogP contribution in [0.2, 0.25) is 36.3 Å². The number of methoxy groups -OCH3 is 6. The fraction of sp³-hybridized carbons (Fsp3) is 1.00. The number of ether oxygens (including phenoxy) is 6. The van der Waals surface area contributed by atoms with Crippen LogP contribution in [0.5, 0.6) is 0 Å². The van der Waals surface area contributed by atoms with Gasteiger partial charge in [-0.2, -0.15) is 0 Å². The highest BCUT2D eigenvalue weighted by atomic mass is 28.3. The molecule has 0 aliphatic carbocycles. The van der Waals surface area contributed by atoms with E-state index in [4.69, 9.17) is 28.4 Å². The molecule has 0 aliphatic heterocycles. The van der Waals surface area contributed by atoms with Gasteiger partial charge in [-0.3, -0.25) is 0 Å². The monoisotopic (exact) mass is 589 g/mol. The van der Waals surface area contributed by atoms with Crippen molar-refractivity contribution in [3.8, 4) is 0 Å². The summed E-state index contributed by atoms with van der Waals surface area (Å²) in [5.74, 6) is -0.00412. The van der Waals surface area contributed by atoms with Crippen LogP contribution in [0, 0.1) is 0 Å². The molecule has 0 N–H and O–H groups in total. The molecule has 0 saturated carbocycles. The van der Waals surface area contributed by atoms with Gasteiger partial charge in [0.2, 0.25) is 0 Å². The average molecular weight is 590 g/mol. The first kappa shape index (κ1) is 37.6. The lowest BCUT2D eigenvalue weighted by atomic mass is 10.2. The lowest BCUT2D eigenvalue weighted by molar-refractivity contribution is -0.0442. The number of hydrogen-bond donors (Lipinski definition) is 0. The molecule has 0 aliphatic rings. The zero-order chi connectivity index (χ0) is 27.4. The normalized spacial score (nSPS) is 12.2. The highest BCUT2D eigenvalue weighted by Crippen LogP contribution is 2.20. The van der Waals surface area contributed by atoms with Gasteiger partial charge in [0.15, 0.2) is 0 Å². The van der Waals surface area contributed by atoms with Crippen molar-refractivity contribution in [2.24, 2.45) is 0 Å². The van der Waals surface area contributed by atoms with Crippen LogP contribution < -0.4 is 0 Å². The topological polar surface area (TPSA) is 55.4 Å². The molecule has 0 fully saturated rings. The van der Waals surface area contributed by atoms with Crippen LogP contribution in [-0.2, 0) is 28.4 Å². The van der Waals surface area contributed by atoms with E-state index in [1.807, 2.05) is 0 Å². The minimum absolute atomic E-state index is 0.00137. The van der Waals surface area contributed by atoms with Crippen LogP contribution in [0.4, 0.5) is 0 Å². The van der Waals surface area contributed by atoms with E-state index in [1.165, 1.54) is 113 Å². The number of rotatable bonds is 30. The SMILES string of the molecule is COC(OC)[Si]CCCCCC[Si](CCCCCC[Si]C(OC)OC)CCCCCC[Si]C(OC)OC. The zero-order valence-electron chi connectivity index (χ0n) is 24.9. The van der Waals surface area contributed by atoms with Gasteiger partial charge in [0.1, 0.15) is 46.3 Å². The third kappa shape index (κ3) is 24.2. The Morgan fingerprint density at radius 1 is 0.378 bits per heavy atom. The van der Waals surface area contributed by atoms with Crippen molar-refractivity contribution in [1.29, 1.82) is 0 Å². The molecule has 0 unspecified atom stereocenters. The fourth-order valence-electron chi connectivity index (χ4n) is 4.38. The van der Waals surface area contributed by atoms with Gasteiger partial charge in [0, 0.05) is 51.5 Å². The first-order chi connectivity index (χ1) is 18.1. The smallest absolute Gasteiger partial charge is 0.136 e. The molecule has 0 rings (SSSR count). The van der Waals surface area contributed by atoms with E-state index < -0.39 is 0 Å². The minimum atomic E-state index is -0.200. The molecule has 0 bridgehead atoms. The predicted octanol–water partition coefficient (Wildman–Crippen LogP) is 6.26. The van der Waals surface area contributed by atoms with Crippen molar-refractivity contribution < 1.29 is 28.4 Å². The van der Waals surface area contributed by atoms with Gasteiger partial charge >= 0.3 is 0 Å². The molecule has 37 heavy (non-hydrogen) atoms. The molecule has 0 amide bonds. The molecule has 0 aromatic carbocycles. The second-order valence-electron chi connectivity index (χ2n) is 9.52. The van der Waals surface area contributed by atoms with Gasteiger partial charge in [-0.05, 0) is 0 Å². The van der Waals surface area contributed by atoms with Crippen molar-refractivity contribution in [1.82, 2.24) is 0 Å². The molecular weight excluding hydrogens is 533 g/mol. The van der Waals surface area contributed by atoms with E-state index in [0.717, 1.165) is 28.6 Å². The first-order valence-corrected chi connectivity index (χ1v) is 20.3. The van der Waals surface area contributed by atoms with E-state index in [9.17, 15) is 0 Å². The first-order valence-electron chi connectivity index (χ1n) is 14.4. The van der Waals surface area contributed by atoms with Crippen LogP contribution in [0.1, 0.15) is 77.0 Å². The number of unbranched alkanes of at least 4 members (excludes halogenated alkanes) is 9. The zero-order valence-corrected chi connectivity index (χ0v) is 28.9. The quantitative estimate of drug-likeness (QED) is 0.0560. The van der Waals surface area contributed by atoms with E-state index in [-0.39, 0.29) is 26.5 Å². The van der Waals surface area contributed by atoms with Gasteiger partial charge in [0.25, 0.3) is 0 Å². The van der Waals surface area contributed by atoms with E-state index in [0.29, 0.717) is 0 Å². The maximum atomic E-state index is 5.31. The average Bonchev–Trinajstić information content (AvgIpc) is 2.92. The third-order valence-electron chi connectivity index (χ3n) is 6.59. The largest absolute Gasteiger partial charge is 0.360 e. The summed E-state index contributed by atoms with van der Waals surface area (Å²) in [6.45, 7) is 0. The molecule has 0 aromatic heterocycles. The highest BCUT2D eigenvalue weighted by Gasteiger charge is 2.12. The second-order valence-corrected chi connectivity index (χ2v) is 16.7. The Balaban J connectivity index is 4.08. The summed E-state index contributed by atoms with van der Waals surface area (Å²) >= 11 is 0. The molecule has 0 heterocycles. The van der Waals surface area contributed by atoms with Crippen molar-refractivity contribution in [3.63, 3.8) is 0 Å². The Morgan fingerprint density at radius 3 is 0.865 bits per heavy atom. The van der Waals surface area contributed by atoms with Gasteiger partial charge in [-0.15, -0.1) is 0 Å². The van der Waals surface area contributed by atoms with Crippen molar-refractivity contribution in [2.45, 2.75) is 131 Å². The molecular formula is C27H57O6Si4. The van der Waals surface area contributed by atoms with Crippen LogP contribution in [0.25, 0.3) is 0 Å². The van der Waals surface area contributed by atoms with Crippen LogP contribution in [0.15, 0.2) is 0 Å². The van der Waals surface area contributed by atoms with Crippen LogP contribution in [-0.4, -0.2) is 97.8 Å². The van der Waals surface area contributed by atoms with Gasteiger partial charge < -0.3 is 28.4 Å². The van der Waals surface area contributed by atoms with Gasteiger partial charge in [-0.1, -0.05) is 113 Å². The Bertz CT molecular complexity index is 379. The molecule has 0 spiro atoms. The van der Waals surface area contributed by atoms with Crippen molar-refractivity contribution in [2.75, 3.05) is 42.7 Å². The third-order valence-corrected chi connectivity index (χ3v) is 14.1. The molecule has 0 saturated heterocycles. The number of hydrogen-bond acceptors (Lipinski definition) is 6. The summed E-state index contributed by atoms with van der Waals surface area (Å²) in [6, 6.07) is 8.24. The fourth-order valence-corrected chi connectivity index (χ4v) is 10.5. The molecule has 7 radical (unpaired) electrons. The lowest BCUT2D eigenvalue weighted by Crippen LogP contribution is -2.20. The Hall–Kier alpha value is 0.628. The maximum absolute atomic E-state index is 5.31. The summed E-state index contributed by atoms with van der Waals surface area (Å²) in [7, 11) is 12.5. The molecule has 0 aromatic rings. The summed E-state index contributed by atoms with van der Waals surface area (Å²) < 4.78 is 31.9. The summed E-state index contributed by atoms with van der Waals surface area (Å²) in [5, 5.41) is 0. The summed E-state index contributed by atoms with van der Waals surface area (Å²) in [5.41, 5.74) is 0. The van der Waals surface area contributed by atoms with E-state index in [1.54, 1.807) is 42.7 Å². The summed E-state index contributed by atoms with van der Waals surface area (Å²) in [4.78, 5) is 0. The highest BCUT2D eigenvalue weighted by molar-refractivity contribution is 6.58. The second kappa shape index (κ2) is 29.6. The van der Waals surface area contributed by atoms with Crippen LogP contribution in [0.3, 0.4) is 0 Å². The van der Waals surface area contributed by atoms with Crippen LogP contribution >= 0.6 is 0 Å². The predicted molar refractivity (Wildman–Crippen MR) is 161 cm³/mol. The molecule has 10 heteroatoms. The standard InChI is InChI=1S/C27H57O6Si4/c1-28-25(29-2)34-19-13-7-10-16-22-37(23-17-11-8-14-20-35-26(30-3)31-4)24-18-12-9-15-21-36-27(32-5)33-6/h25-27H,7-24H2,1-6H3. The maximum Gasteiger partial charge on any atom is 0.136 e. The van der Waals surface area contributed by atoms with Gasteiger partial charge in [-0.25, -0.2) is 0 Å². The molecule has 0 atom stereocenters. The molecule has 217 valence electrons. The minimum Gasteiger partial charge on any atom is -0.360 e. The van der Waals surface area contributed by atoms with Crippen molar-refractivity contribution >= 4 is 37.4 Å². The van der Waals surface area contributed by atoms with Gasteiger partial charge in [0.05, 0.1) is 0 Å². The Kier molecular flexibility index (Phi) is 30.1. The molecule has 6 nitrogen and oxygen atoms in total. The Labute approximate surface area is 239 Å². The Morgan fingerprint density at radius 2 is 0.622 bits per heavy atom.